The molecule has 4 nitrogen and oxygen atoms in total. The molecule has 0 unspecified atom stereocenters. The van der Waals surface area contributed by atoms with E-state index in [9.17, 15) is 12.8 Å². The van der Waals surface area contributed by atoms with Gasteiger partial charge in [0.05, 0.1) is 5.75 Å². The van der Waals surface area contributed by atoms with E-state index in [0.29, 0.717) is 11.4 Å². The maximum atomic E-state index is 13.0. The van der Waals surface area contributed by atoms with E-state index in [-0.39, 0.29) is 5.75 Å². The fourth-order valence-corrected chi connectivity index (χ4v) is 2.80. The third kappa shape index (κ3) is 3.29. The van der Waals surface area contributed by atoms with Gasteiger partial charge in [-0.05, 0) is 29.8 Å². The first kappa shape index (κ1) is 13.5. The van der Waals surface area contributed by atoms with Crippen molar-refractivity contribution in [3.05, 3.63) is 60.0 Å². The van der Waals surface area contributed by atoms with Gasteiger partial charge in [-0.25, -0.2) is 17.8 Å². The molecule has 2 rings (SSSR count). The molecule has 100 valence electrons. The largest absolute Gasteiger partial charge is 0.257 e. The summed E-state index contributed by atoms with van der Waals surface area (Å²) in [4.78, 5) is 3.98. The first-order valence-corrected chi connectivity index (χ1v) is 7.22. The predicted octanol–water partition coefficient (Wildman–Crippen LogP) is 2.19. The second kappa shape index (κ2) is 5.36. The number of sulfonamides is 1. The predicted molar refractivity (Wildman–Crippen MR) is 71.7 cm³/mol. The third-order valence-electron chi connectivity index (χ3n) is 2.63. The van der Waals surface area contributed by atoms with E-state index in [1.165, 1.54) is 31.4 Å². The molecule has 0 saturated heterocycles. The molecule has 6 heteroatoms. The lowest BCUT2D eigenvalue weighted by molar-refractivity contribution is 0.592. The molecule has 0 fully saturated rings. The number of pyridine rings is 1. The van der Waals surface area contributed by atoms with Crippen LogP contribution in [0.4, 0.5) is 10.2 Å². The first-order chi connectivity index (χ1) is 8.99. The third-order valence-corrected chi connectivity index (χ3v) is 4.35. The summed E-state index contributed by atoms with van der Waals surface area (Å²) in [6, 6.07) is 10.6. The van der Waals surface area contributed by atoms with Crippen LogP contribution in [0.2, 0.25) is 0 Å². The number of halogens is 1. The molecule has 0 aliphatic carbocycles. The molecule has 0 amide bonds. The maximum absolute atomic E-state index is 13.0. The molecular weight excluding hydrogens is 267 g/mol. The van der Waals surface area contributed by atoms with Gasteiger partial charge in [0.15, 0.2) is 0 Å². The summed E-state index contributed by atoms with van der Waals surface area (Å²) >= 11 is 0. The van der Waals surface area contributed by atoms with Crippen LogP contribution < -0.4 is 4.31 Å². The molecule has 0 atom stereocenters. The van der Waals surface area contributed by atoms with Crippen LogP contribution in [-0.4, -0.2) is 20.4 Å². The first-order valence-electron chi connectivity index (χ1n) is 5.61. The summed E-state index contributed by atoms with van der Waals surface area (Å²) in [5, 5.41) is 0. The zero-order valence-corrected chi connectivity index (χ0v) is 11.1. The molecule has 1 heterocycles. The molecule has 0 bridgehead atoms. The van der Waals surface area contributed by atoms with E-state index in [1.54, 1.807) is 24.3 Å². The highest BCUT2D eigenvalue weighted by atomic mass is 32.2. The van der Waals surface area contributed by atoms with Crippen LogP contribution >= 0.6 is 0 Å². The number of benzene rings is 1. The van der Waals surface area contributed by atoms with Crippen molar-refractivity contribution < 1.29 is 12.8 Å². The molecule has 0 aliphatic rings. The van der Waals surface area contributed by atoms with Crippen molar-refractivity contribution in [2.45, 2.75) is 5.75 Å². The molecule has 1 aromatic carbocycles. The van der Waals surface area contributed by atoms with Crippen LogP contribution in [-0.2, 0) is 15.8 Å². The van der Waals surface area contributed by atoms with Gasteiger partial charge in [0, 0.05) is 13.2 Å². The van der Waals surface area contributed by atoms with Crippen molar-refractivity contribution in [1.29, 1.82) is 0 Å². The van der Waals surface area contributed by atoms with E-state index in [1.807, 2.05) is 0 Å². The summed E-state index contributed by atoms with van der Waals surface area (Å²) in [6.45, 7) is 0. The lowest BCUT2D eigenvalue weighted by Gasteiger charge is -2.18. The number of hydrogen-bond acceptors (Lipinski definition) is 3. The van der Waals surface area contributed by atoms with Crippen molar-refractivity contribution in [2.24, 2.45) is 0 Å². The second-order valence-corrected chi connectivity index (χ2v) is 6.04. The number of rotatable bonds is 4. The minimum absolute atomic E-state index is 0.266. The Hall–Kier alpha value is -1.95. The summed E-state index contributed by atoms with van der Waals surface area (Å²) in [5.74, 6) is -0.384. The van der Waals surface area contributed by atoms with E-state index in [2.05, 4.69) is 4.98 Å². The summed E-state index contributed by atoms with van der Waals surface area (Å²) < 4.78 is 38.5. The quantitative estimate of drug-likeness (QED) is 0.862. The van der Waals surface area contributed by atoms with E-state index >= 15 is 0 Å². The van der Waals surface area contributed by atoms with E-state index < -0.39 is 15.8 Å². The Morgan fingerprint density at radius 3 is 2.63 bits per heavy atom. The lowest BCUT2D eigenvalue weighted by atomic mass is 10.2. The van der Waals surface area contributed by atoms with Crippen molar-refractivity contribution in [3.8, 4) is 0 Å². The van der Waals surface area contributed by atoms with Crippen LogP contribution in [0.5, 0.6) is 0 Å². The van der Waals surface area contributed by atoms with Crippen LogP contribution in [0, 0.1) is 5.82 Å². The van der Waals surface area contributed by atoms with Gasteiger partial charge in [0.2, 0.25) is 10.0 Å². The Morgan fingerprint density at radius 2 is 2.00 bits per heavy atom. The summed E-state index contributed by atoms with van der Waals surface area (Å²) in [5.41, 5.74) is 0.405. The highest BCUT2D eigenvalue weighted by Crippen LogP contribution is 2.16. The van der Waals surface area contributed by atoms with Gasteiger partial charge < -0.3 is 0 Å². The van der Waals surface area contributed by atoms with Gasteiger partial charge in [0.1, 0.15) is 11.6 Å². The maximum Gasteiger partial charge on any atom is 0.240 e. The Balaban J connectivity index is 2.24. The molecular formula is C13H13FN2O2S. The van der Waals surface area contributed by atoms with E-state index in [4.69, 9.17) is 0 Å². The highest BCUT2D eigenvalue weighted by molar-refractivity contribution is 7.92. The minimum atomic E-state index is -3.58. The van der Waals surface area contributed by atoms with Gasteiger partial charge in [-0.3, -0.25) is 4.31 Å². The number of aromatic nitrogens is 1. The number of hydrogen-bond donors (Lipinski definition) is 0. The zero-order valence-electron chi connectivity index (χ0n) is 10.3. The Morgan fingerprint density at radius 1 is 1.21 bits per heavy atom. The van der Waals surface area contributed by atoms with Crippen LogP contribution in [0.25, 0.3) is 0 Å². The highest BCUT2D eigenvalue weighted by Gasteiger charge is 2.19. The number of nitrogens with zero attached hydrogens (tertiary/aromatic N) is 2. The second-order valence-electron chi connectivity index (χ2n) is 4.04. The Labute approximate surface area is 111 Å². The van der Waals surface area contributed by atoms with Crippen LogP contribution in [0.3, 0.4) is 0 Å². The zero-order chi connectivity index (χ0) is 13.9. The molecule has 0 N–H and O–H groups in total. The van der Waals surface area contributed by atoms with Gasteiger partial charge >= 0.3 is 0 Å². The minimum Gasteiger partial charge on any atom is -0.257 e. The van der Waals surface area contributed by atoms with Gasteiger partial charge in [0.25, 0.3) is 0 Å². The standard InChI is InChI=1S/C13H13FN2O2S/c1-16(13-7-2-3-8-15-13)19(17,18)10-11-5-4-6-12(14)9-11/h2-9H,10H2,1H3. The molecule has 0 aliphatic heterocycles. The SMILES string of the molecule is CN(c1ccccn1)S(=O)(=O)Cc1cccc(F)c1. The summed E-state index contributed by atoms with van der Waals surface area (Å²) in [7, 11) is -2.15. The van der Waals surface area contributed by atoms with Crippen molar-refractivity contribution >= 4 is 15.8 Å². The molecule has 19 heavy (non-hydrogen) atoms. The average Bonchev–Trinajstić information content (AvgIpc) is 2.38. The monoisotopic (exact) mass is 280 g/mol. The Bertz CT molecular complexity index is 659. The molecule has 0 radical (unpaired) electrons. The molecule has 0 spiro atoms. The van der Waals surface area contributed by atoms with Crippen molar-refractivity contribution in [1.82, 2.24) is 4.98 Å². The van der Waals surface area contributed by atoms with Crippen LogP contribution in [0.15, 0.2) is 48.7 Å². The number of anilines is 1. The fourth-order valence-electron chi connectivity index (χ4n) is 1.62. The van der Waals surface area contributed by atoms with Crippen molar-refractivity contribution in [2.75, 3.05) is 11.4 Å². The smallest absolute Gasteiger partial charge is 0.240 e. The molecule has 2 aromatic rings. The average molecular weight is 280 g/mol. The van der Waals surface area contributed by atoms with Gasteiger partial charge in [-0.15, -0.1) is 0 Å². The summed E-state index contributed by atoms with van der Waals surface area (Å²) in [6.07, 6.45) is 1.52. The molecule has 1 aromatic heterocycles. The topological polar surface area (TPSA) is 50.3 Å². The van der Waals surface area contributed by atoms with Gasteiger partial charge in [-0.2, -0.15) is 0 Å². The molecule has 0 saturated carbocycles. The van der Waals surface area contributed by atoms with Gasteiger partial charge in [-0.1, -0.05) is 18.2 Å². The van der Waals surface area contributed by atoms with Crippen LogP contribution in [0.1, 0.15) is 5.56 Å². The fraction of sp³-hybridized carbons (Fsp3) is 0.154. The van der Waals surface area contributed by atoms with Crippen molar-refractivity contribution in [3.63, 3.8) is 0 Å². The van der Waals surface area contributed by atoms with E-state index in [0.717, 1.165) is 4.31 Å². The Kier molecular flexibility index (Phi) is 3.80. The lowest BCUT2D eigenvalue weighted by Crippen LogP contribution is -2.28. The normalized spacial score (nSPS) is 11.3.